The number of rotatable bonds is 4. The van der Waals surface area contributed by atoms with Gasteiger partial charge in [-0.05, 0) is 31.9 Å². The molecule has 116 valence electrons. The van der Waals surface area contributed by atoms with Crippen LogP contribution in [0.15, 0.2) is 18.2 Å². The topological polar surface area (TPSA) is 32.5 Å². The Morgan fingerprint density at radius 2 is 2.10 bits per heavy atom. The third-order valence-corrected chi connectivity index (χ3v) is 4.81. The van der Waals surface area contributed by atoms with Crippen LogP contribution in [0.3, 0.4) is 0 Å². The largest absolute Gasteiger partial charge is 0.324 e. The van der Waals surface area contributed by atoms with E-state index in [-0.39, 0.29) is 5.56 Å². The van der Waals surface area contributed by atoms with E-state index < -0.39 is 17.7 Å². The first kappa shape index (κ1) is 14.9. The molecule has 2 aliphatic rings. The average molecular weight is 295 g/mol. The third kappa shape index (κ3) is 3.25. The highest BCUT2D eigenvalue weighted by Gasteiger charge is 2.30. The van der Waals surface area contributed by atoms with Gasteiger partial charge in [-0.1, -0.05) is 12.1 Å². The second kappa shape index (κ2) is 6.38. The minimum atomic E-state index is -0.817. The Labute approximate surface area is 124 Å². The first-order valence-electron chi connectivity index (χ1n) is 7.81. The molecule has 2 heterocycles. The Morgan fingerprint density at radius 3 is 2.95 bits per heavy atom. The molecule has 0 aromatic heterocycles. The Balaban J connectivity index is 1.54. The summed E-state index contributed by atoms with van der Waals surface area (Å²) in [7, 11) is 0. The van der Waals surface area contributed by atoms with Crippen LogP contribution in [-0.2, 0) is 0 Å². The van der Waals surface area contributed by atoms with E-state index in [2.05, 4.69) is 9.80 Å². The maximum atomic E-state index is 13.7. The molecule has 2 fully saturated rings. The van der Waals surface area contributed by atoms with Gasteiger partial charge in [-0.2, -0.15) is 0 Å². The lowest BCUT2D eigenvalue weighted by Crippen LogP contribution is -2.50. The highest BCUT2D eigenvalue weighted by molar-refractivity contribution is 5.22. The normalized spacial score (nSPS) is 25.0. The van der Waals surface area contributed by atoms with Crippen LogP contribution in [0.4, 0.5) is 8.78 Å². The van der Waals surface area contributed by atoms with Crippen molar-refractivity contribution in [2.75, 3.05) is 32.7 Å². The predicted octanol–water partition coefficient (Wildman–Crippen LogP) is 2.13. The molecule has 1 aromatic rings. The SMILES string of the molecule is NC(CCN1CCN2CCCC2C1)c1cccc(F)c1F. The zero-order valence-electron chi connectivity index (χ0n) is 12.3. The van der Waals surface area contributed by atoms with Gasteiger partial charge in [0, 0.05) is 43.8 Å². The molecule has 0 radical (unpaired) electrons. The number of nitrogens with zero attached hydrogens (tertiary/aromatic N) is 2. The highest BCUT2D eigenvalue weighted by Crippen LogP contribution is 2.23. The first-order chi connectivity index (χ1) is 10.1. The molecular weight excluding hydrogens is 272 g/mol. The molecule has 0 bridgehead atoms. The van der Waals surface area contributed by atoms with Crippen LogP contribution in [0, 0.1) is 11.6 Å². The minimum absolute atomic E-state index is 0.287. The summed E-state index contributed by atoms with van der Waals surface area (Å²) in [4.78, 5) is 4.96. The van der Waals surface area contributed by atoms with Crippen molar-refractivity contribution in [3.05, 3.63) is 35.4 Å². The van der Waals surface area contributed by atoms with E-state index in [0.29, 0.717) is 12.5 Å². The lowest BCUT2D eigenvalue weighted by molar-refractivity contribution is 0.102. The molecule has 1 aromatic carbocycles. The molecule has 2 saturated heterocycles. The number of halogens is 2. The van der Waals surface area contributed by atoms with Crippen molar-refractivity contribution >= 4 is 0 Å². The Morgan fingerprint density at radius 1 is 1.24 bits per heavy atom. The van der Waals surface area contributed by atoms with Gasteiger partial charge in [0.15, 0.2) is 11.6 Å². The quantitative estimate of drug-likeness (QED) is 0.923. The van der Waals surface area contributed by atoms with Gasteiger partial charge in [0.05, 0.1) is 0 Å². The summed E-state index contributed by atoms with van der Waals surface area (Å²) in [6, 6.07) is 4.47. The fourth-order valence-corrected chi connectivity index (χ4v) is 3.54. The Hall–Kier alpha value is -1.04. The summed E-state index contributed by atoms with van der Waals surface area (Å²) in [5.74, 6) is -1.62. The molecule has 3 rings (SSSR count). The van der Waals surface area contributed by atoms with Crippen molar-refractivity contribution < 1.29 is 8.78 Å². The van der Waals surface area contributed by atoms with E-state index in [4.69, 9.17) is 5.73 Å². The average Bonchev–Trinajstić information content (AvgIpc) is 2.95. The monoisotopic (exact) mass is 295 g/mol. The first-order valence-corrected chi connectivity index (χ1v) is 7.81. The number of piperazine rings is 1. The van der Waals surface area contributed by atoms with Gasteiger partial charge >= 0.3 is 0 Å². The smallest absolute Gasteiger partial charge is 0.163 e. The van der Waals surface area contributed by atoms with Crippen molar-refractivity contribution in [3.63, 3.8) is 0 Å². The van der Waals surface area contributed by atoms with Gasteiger partial charge in [-0.3, -0.25) is 4.90 Å². The van der Waals surface area contributed by atoms with Gasteiger partial charge < -0.3 is 10.6 Å². The molecule has 0 spiro atoms. The molecule has 2 unspecified atom stereocenters. The maximum absolute atomic E-state index is 13.7. The lowest BCUT2D eigenvalue weighted by Gasteiger charge is -2.37. The van der Waals surface area contributed by atoms with Crippen LogP contribution in [0.1, 0.15) is 30.9 Å². The van der Waals surface area contributed by atoms with Crippen LogP contribution < -0.4 is 5.73 Å². The van der Waals surface area contributed by atoms with Gasteiger partial charge in [0.1, 0.15) is 0 Å². The van der Waals surface area contributed by atoms with Crippen molar-refractivity contribution in [3.8, 4) is 0 Å². The number of nitrogens with two attached hydrogens (primary N) is 1. The zero-order valence-corrected chi connectivity index (χ0v) is 12.3. The molecule has 3 nitrogen and oxygen atoms in total. The zero-order chi connectivity index (χ0) is 14.8. The molecule has 2 atom stereocenters. The van der Waals surface area contributed by atoms with E-state index in [1.165, 1.54) is 25.5 Å². The van der Waals surface area contributed by atoms with Crippen LogP contribution >= 0.6 is 0 Å². The van der Waals surface area contributed by atoms with Crippen LogP contribution in [0.25, 0.3) is 0 Å². The van der Waals surface area contributed by atoms with Crippen molar-refractivity contribution in [2.45, 2.75) is 31.3 Å². The molecule has 2 N–H and O–H groups in total. The number of benzene rings is 1. The maximum Gasteiger partial charge on any atom is 0.163 e. The van der Waals surface area contributed by atoms with E-state index in [9.17, 15) is 8.78 Å². The van der Waals surface area contributed by atoms with Gasteiger partial charge in [-0.15, -0.1) is 0 Å². The highest BCUT2D eigenvalue weighted by atomic mass is 19.2. The number of hydrogen-bond donors (Lipinski definition) is 1. The van der Waals surface area contributed by atoms with Crippen molar-refractivity contribution in [1.82, 2.24) is 9.80 Å². The molecule has 0 amide bonds. The van der Waals surface area contributed by atoms with Crippen molar-refractivity contribution in [1.29, 1.82) is 0 Å². The molecule has 21 heavy (non-hydrogen) atoms. The van der Waals surface area contributed by atoms with E-state index >= 15 is 0 Å². The van der Waals surface area contributed by atoms with Crippen molar-refractivity contribution in [2.24, 2.45) is 5.73 Å². The van der Waals surface area contributed by atoms with Crippen LogP contribution in [0.2, 0.25) is 0 Å². The minimum Gasteiger partial charge on any atom is -0.324 e. The second-order valence-electron chi connectivity index (χ2n) is 6.17. The Kier molecular flexibility index (Phi) is 4.52. The van der Waals surface area contributed by atoms with E-state index in [1.807, 2.05) is 0 Å². The number of fused-ring (bicyclic) bond motifs is 1. The summed E-state index contributed by atoms with van der Waals surface area (Å²) in [6.07, 6.45) is 3.24. The molecule has 2 aliphatic heterocycles. The summed E-state index contributed by atoms with van der Waals surface area (Å²) in [5, 5.41) is 0. The molecular formula is C16H23F2N3. The lowest BCUT2D eigenvalue weighted by atomic mass is 10.0. The standard InChI is InChI=1S/C16H23F2N3/c17-14-5-1-4-13(16(14)18)15(19)6-8-20-9-10-21-7-2-3-12(21)11-20/h1,4-5,12,15H,2-3,6-11,19H2. The molecule has 0 saturated carbocycles. The fraction of sp³-hybridized carbons (Fsp3) is 0.625. The van der Waals surface area contributed by atoms with E-state index in [0.717, 1.165) is 32.2 Å². The van der Waals surface area contributed by atoms with Crippen LogP contribution in [0.5, 0.6) is 0 Å². The fourth-order valence-electron chi connectivity index (χ4n) is 3.54. The molecule has 5 heteroatoms. The Bertz CT molecular complexity index is 494. The summed E-state index contributed by atoms with van der Waals surface area (Å²) in [5.41, 5.74) is 6.33. The van der Waals surface area contributed by atoms with Crippen LogP contribution in [-0.4, -0.2) is 48.6 Å². The number of hydrogen-bond acceptors (Lipinski definition) is 3. The molecule has 0 aliphatic carbocycles. The third-order valence-electron chi connectivity index (χ3n) is 4.81. The summed E-state index contributed by atoms with van der Waals surface area (Å²) in [6.45, 7) is 5.33. The second-order valence-corrected chi connectivity index (χ2v) is 6.17. The summed E-state index contributed by atoms with van der Waals surface area (Å²) < 4.78 is 27.0. The van der Waals surface area contributed by atoms with E-state index in [1.54, 1.807) is 6.07 Å². The van der Waals surface area contributed by atoms with Gasteiger partial charge in [-0.25, -0.2) is 8.78 Å². The predicted molar refractivity (Wildman–Crippen MR) is 78.9 cm³/mol. The van der Waals surface area contributed by atoms with Gasteiger partial charge in [0.2, 0.25) is 0 Å². The van der Waals surface area contributed by atoms with Gasteiger partial charge in [0.25, 0.3) is 0 Å². The summed E-state index contributed by atoms with van der Waals surface area (Å²) >= 11 is 0.